The Bertz CT molecular complexity index is 828. The first-order valence-electron chi connectivity index (χ1n) is 9.10. The predicted molar refractivity (Wildman–Crippen MR) is 98.6 cm³/mol. The molecule has 1 aliphatic rings. The number of piperidine rings is 1. The zero-order valence-corrected chi connectivity index (χ0v) is 15.5. The second kappa shape index (κ2) is 7.91. The molecule has 0 aliphatic carbocycles. The van der Waals surface area contributed by atoms with E-state index in [1.54, 1.807) is 0 Å². The van der Waals surface area contributed by atoms with E-state index in [4.69, 9.17) is 0 Å². The topological polar surface area (TPSA) is 32.3 Å². The lowest BCUT2D eigenvalue weighted by Gasteiger charge is -2.41. The molecule has 0 bridgehead atoms. The SMILES string of the molecule is CN1CCC(CNC(=O)c2ccc(C(F)(F)F)c(F)c2)(c2ccccc2)CC1. The summed E-state index contributed by atoms with van der Waals surface area (Å²) in [6.45, 7) is 2.09. The zero-order chi connectivity index (χ0) is 20.4. The van der Waals surface area contributed by atoms with Crippen LogP contribution < -0.4 is 5.32 Å². The Morgan fingerprint density at radius 1 is 1.11 bits per heavy atom. The van der Waals surface area contributed by atoms with E-state index < -0.39 is 23.5 Å². The van der Waals surface area contributed by atoms with Crippen LogP contribution in [0.2, 0.25) is 0 Å². The van der Waals surface area contributed by atoms with Crippen LogP contribution in [0.15, 0.2) is 48.5 Å². The van der Waals surface area contributed by atoms with Crippen LogP contribution in [0.3, 0.4) is 0 Å². The molecule has 0 atom stereocenters. The second-order valence-electron chi connectivity index (χ2n) is 7.32. The normalized spacial score (nSPS) is 17.3. The minimum Gasteiger partial charge on any atom is -0.351 e. The third kappa shape index (κ3) is 4.35. The van der Waals surface area contributed by atoms with Crippen LogP contribution in [0.25, 0.3) is 0 Å². The summed E-state index contributed by atoms with van der Waals surface area (Å²) < 4.78 is 51.9. The minimum absolute atomic E-state index is 0.123. The van der Waals surface area contributed by atoms with Gasteiger partial charge < -0.3 is 10.2 Å². The van der Waals surface area contributed by atoms with Gasteiger partial charge in [-0.1, -0.05) is 30.3 Å². The van der Waals surface area contributed by atoms with Gasteiger partial charge in [0.05, 0.1) is 5.56 Å². The van der Waals surface area contributed by atoms with Crippen molar-refractivity contribution in [2.45, 2.75) is 24.4 Å². The van der Waals surface area contributed by atoms with Crippen molar-refractivity contribution in [3.63, 3.8) is 0 Å². The molecule has 1 aliphatic heterocycles. The van der Waals surface area contributed by atoms with E-state index in [0.717, 1.165) is 37.6 Å². The lowest BCUT2D eigenvalue weighted by atomic mass is 9.72. The van der Waals surface area contributed by atoms with Gasteiger partial charge in [0, 0.05) is 17.5 Å². The molecule has 0 spiro atoms. The molecule has 7 heteroatoms. The monoisotopic (exact) mass is 394 g/mol. The van der Waals surface area contributed by atoms with Crippen LogP contribution in [-0.4, -0.2) is 37.5 Å². The number of alkyl halides is 3. The molecule has 0 aromatic heterocycles. The van der Waals surface area contributed by atoms with Gasteiger partial charge in [-0.2, -0.15) is 13.2 Å². The molecule has 1 saturated heterocycles. The van der Waals surface area contributed by atoms with E-state index in [1.807, 2.05) is 37.4 Å². The van der Waals surface area contributed by atoms with Gasteiger partial charge in [-0.05, 0) is 56.7 Å². The Morgan fingerprint density at radius 2 is 1.75 bits per heavy atom. The average Bonchev–Trinajstić information content (AvgIpc) is 2.67. The first-order valence-corrected chi connectivity index (χ1v) is 9.10. The highest BCUT2D eigenvalue weighted by Gasteiger charge is 2.36. The van der Waals surface area contributed by atoms with Crippen molar-refractivity contribution >= 4 is 5.91 Å². The van der Waals surface area contributed by atoms with Crippen molar-refractivity contribution in [3.8, 4) is 0 Å². The predicted octanol–water partition coefficient (Wildman–Crippen LogP) is 4.24. The molecule has 0 radical (unpaired) electrons. The van der Waals surface area contributed by atoms with Crippen LogP contribution in [0, 0.1) is 5.82 Å². The molecule has 3 nitrogen and oxygen atoms in total. The first-order chi connectivity index (χ1) is 13.2. The number of benzene rings is 2. The lowest BCUT2D eigenvalue weighted by molar-refractivity contribution is -0.140. The molecule has 1 N–H and O–H groups in total. The van der Waals surface area contributed by atoms with Gasteiger partial charge >= 0.3 is 6.18 Å². The van der Waals surface area contributed by atoms with Crippen molar-refractivity contribution in [2.24, 2.45) is 0 Å². The molecule has 3 rings (SSSR count). The number of likely N-dealkylation sites (tertiary alicyclic amines) is 1. The number of rotatable bonds is 4. The molecule has 2 aromatic rings. The lowest BCUT2D eigenvalue weighted by Crippen LogP contribution is -2.48. The van der Waals surface area contributed by atoms with Crippen molar-refractivity contribution in [1.82, 2.24) is 10.2 Å². The minimum atomic E-state index is -4.79. The van der Waals surface area contributed by atoms with Crippen LogP contribution in [0.1, 0.15) is 34.3 Å². The molecule has 2 aromatic carbocycles. The van der Waals surface area contributed by atoms with Gasteiger partial charge in [0.2, 0.25) is 0 Å². The summed E-state index contributed by atoms with van der Waals surface area (Å²) >= 11 is 0. The molecular formula is C21H22F4N2O. The summed E-state index contributed by atoms with van der Waals surface area (Å²) in [5, 5.41) is 2.80. The van der Waals surface area contributed by atoms with Crippen LogP contribution in [-0.2, 0) is 11.6 Å². The summed E-state index contributed by atoms with van der Waals surface area (Å²) in [5.41, 5.74) is -0.641. The number of amides is 1. The third-order valence-electron chi connectivity index (χ3n) is 5.45. The van der Waals surface area contributed by atoms with E-state index in [-0.39, 0.29) is 11.0 Å². The molecule has 1 amide bonds. The Labute approximate surface area is 161 Å². The molecular weight excluding hydrogens is 372 g/mol. The Morgan fingerprint density at radius 3 is 2.32 bits per heavy atom. The molecule has 1 fully saturated rings. The van der Waals surface area contributed by atoms with Gasteiger partial charge in [-0.15, -0.1) is 0 Å². The number of carbonyl (C=O) groups is 1. The maximum absolute atomic E-state index is 13.8. The Kier molecular flexibility index (Phi) is 5.74. The molecule has 150 valence electrons. The second-order valence-corrected chi connectivity index (χ2v) is 7.32. The van der Waals surface area contributed by atoms with E-state index in [2.05, 4.69) is 10.2 Å². The fourth-order valence-corrected chi connectivity index (χ4v) is 3.64. The quantitative estimate of drug-likeness (QED) is 0.787. The fourth-order valence-electron chi connectivity index (χ4n) is 3.64. The van der Waals surface area contributed by atoms with E-state index >= 15 is 0 Å². The van der Waals surface area contributed by atoms with Gasteiger partial charge in [0.1, 0.15) is 5.82 Å². The molecule has 0 unspecified atom stereocenters. The average molecular weight is 394 g/mol. The van der Waals surface area contributed by atoms with Crippen LogP contribution in [0.4, 0.5) is 17.6 Å². The standard InChI is InChI=1S/C21H22F4N2O/c1-27-11-9-20(10-12-27,16-5-3-2-4-6-16)14-26-19(28)15-7-8-17(18(22)13-15)21(23,24)25/h2-8,13H,9-12,14H2,1H3,(H,26,28). The maximum Gasteiger partial charge on any atom is 0.419 e. The number of hydrogen-bond acceptors (Lipinski definition) is 2. The van der Waals surface area contributed by atoms with Crippen molar-refractivity contribution < 1.29 is 22.4 Å². The number of nitrogens with one attached hydrogen (secondary N) is 1. The van der Waals surface area contributed by atoms with Gasteiger partial charge in [0.25, 0.3) is 5.91 Å². The third-order valence-corrected chi connectivity index (χ3v) is 5.45. The Balaban J connectivity index is 1.77. The molecule has 0 saturated carbocycles. The number of carbonyl (C=O) groups excluding carboxylic acids is 1. The summed E-state index contributed by atoms with van der Waals surface area (Å²) in [5.74, 6) is -2.03. The maximum atomic E-state index is 13.8. The summed E-state index contributed by atoms with van der Waals surface area (Å²) in [4.78, 5) is 14.7. The van der Waals surface area contributed by atoms with Gasteiger partial charge in [-0.3, -0.25) is 4.79 Å². The molecule has 28 heavy (non-hydrogen) atoms. The zero-order valence-electron chi connectivity index (χ0n) is 15.5. The van der Waals surface area contributed by atoms with Gasteiger partial charge in [0.15, 0.2) is 0 Å². The summed E-state index contributed by atoms with van der Waals surface area (Å²) in [7, 11) is 2.04. The van der Waals surface area contributed by atoms with Crippen molar-refractivity contribution in [3.05, 3.63) is 71.0 Å². The first kappa shape index (κ1) is 20.3. The van der Waals surface area contributed by atoms with Crippen LogP contribution in [0.5, 0.6) is 0 Å². The van der Waals surface area contributed by atoms with Crippen molar-refractivity contribution in [1.29, 1.82) is 0 Å². The van der Waals surface area contributed by atoms with Gasteiger partial charge in [-0.25, -0.2) is 4.39 Å². The van der Waals surface area contributed by atoms with Crippen molar-refractivity contribution in [2.75, 3.05) is 26.7 Å². The smallest absolute Gasteiger partial charge is 0.351 e. The number of hydrogen-bond donors (Lipinski definition) is 1. The molecule has 1 heterocycles. The summed E-state index contributed by atoms with van der Waals surface area (Å²) in [6.07, 6.45) is -3.10. The van der Waals surface area contributed by atoms with E-state index in [1.165, 1.54) is 0 Å². The van der Waals surface area contributed by atoms with E-state index in [9.17, 15) is 22.4 Å². The largest absolute Gasteiger partial charge is 0.419 e. The van der Waals surface area contributed by atoms with Crippen LogP contribution >= 0.6 is 0 Å². The summed E-state index contributed by atoms with van der Waals surface area (Å²) in [6, 6.07) is 12.1. The van der Waals surface area contributed by atoms with E-state index in [0.29, 0.717) is 18.7 Å². The number of halogens is 4. The Hall–Kier alpha value is -2.41. The highest BCUT2D eigenvalue weighted by Crippen LogP contribution is 2.35. The highest BCUT2D eigenvalue weighted by molar-refractivity contribution is 5.94. The highest BCUT2D eigenvalue weighted by atomic mass is 19.4. The fraction of sp³-hybridized carbons (Fsp3) is 0.381. The number of nitrogens with zero attached hydrogens (tertiary/aromatic N) is 1.